The highest BCUT2D eigenvalue weighted by Crippen LogP contribution is 2.50. The molecule has 0 saturated carbocycles. The molecule has 10 nitrogen and oxygen atoms in total. The van der Waals surface area contributed by atoms with Crippen LogP contribution < -0.4 is 5.73 Å². The van der Waals surface area contributed by atoms with Crippen molar-refractivity contribution in [2.24, 2.45) is 0 Å². The van der Waals surface area contributed by atoms with Crippen molar-refractivity contribution in [2.75, 3.05) is 12.3 Å². The number of thioether (sulfide) groups is 1. The Hall–Kier alpha value is -1.36. The van der Waals surface area contributed by atoms with Gasteiger partial charge in [0, 0.05) is 6.92 Å². The first kappa shape index (κ1) is 28.6. The molecule has 0 spiro atoms. The molecule has 4 heterocycles. The van der Waals surface area contributed by atoms with Crippen molar-refractivity contribution < 1.29 is 22.5 Å². The Morgan fingerprint density at radius 2 is 1.65 bits per heavy atom. The van der Waals surface area contributed by atoms with E-state index in [1.54, 1.807) is 13.3 Å². The van der Waals surface area contributed by atoms with Gasteiger partial charge in [-0.2, -0.15) is 0 Å². The van der Waals surface area contributed by atoms with Crippen LogP contribution in [-0.4, -0.2) is 65.8 Å². The minimum absolute atomic E-state index is 0.0141. The summed E-state index contributed by atoms with van der Waals surface area (Å²) in [6, 6.07) is 0. The van der Waals surface area contributed by atoms with Gasteiger partial charge in [0.15, 0.2) is 22.8 Å². The third-order valence-corrected chi connectivity index (χ3v) is 18.9. The van der Waals surface area contributed by atoms with E-state index in [1.807, 2.05) is 4.57 Å². The van der Waals surface area contributed by atoms with Gasteiger partial charge in [0.25, 0.3) is 0 Å². The van der Waals surface area contributed by atoms with Gasteiger partial charge in [-0.05, 0) is 22.2 Å². The van der Waals surface area contributed by atoms with Crippen LogP contribution in [0.25, 0.3) is 11.2 Å². The Morgan fingerprint density at radius 1 is 1.03 bits per heavy atom. The van der Waals surface area contributed by atoms with E-state index in [0.29, 0.717) is 23.6 Å². The molecule has 0 aliphatic carbocycles. The predicted octanol–water partition coefficient (Wildman–Crippen LogP) is 4.91. The van der Waals surface area contributed by atoms with E-state index < -0.39 is 29.5 Å². The van der Waals surface area contributed by atoms with Crippen molar-refractivity contribution in [2.45, 2.75) is 108 Å². The maximum atomic E-state index is 12.5. The second-order valence-electron chi connectivity index (χ2n) is 11.3. The number of ether oxygens (including phenoxy) is 1. The van der Waals surface area contributed by atoms with Crippen LogP contribution in [0.4, 0.5) is 5.82 Å². The first-order valence-electron chi connectivity index (χ1n) is 13.1. The summed E-state index contributed by atoms with van der Waals surface area (Å²) in [5.74, 6) is 0.298. The molecule has 2 saturated heterocycles. The van der Waals surface area contributed by atoms with Crippen LogP contribution in [0.1, 0.15) is 68.5 Å². The number of rotatable bonds is 6. The van der Waals surface area contributed by atoms with Crippen molar-refractivity contribution in [1.29, 1.82) is 0 Å². The molecule has 2 aromatic heterocycles. The van der Waals surface area contributed by atoms with Gasteiger partial charge in [-0.1, -0.05) is 67.2 Å². The normalized spacial score (nSPS) is 27.7. The van der Waals surface area contributed by atoms with Gasteiger partial charge in [0.1, 0.15) is 17.9 Å². The number of hydrogen-bond donors (Lipinski definition) is 1. The molecule has 0 unspecified atom stereocenters. The molecule has 0 radical (unpaired) electrons. The number of fused-ring (bicyclic) bond motifs is 2. The van der Waals surface area contributed by atoms with Gasteiger partial charge in [-0.25, -0.2) is 15.0 Å². The number of nitrogens with zero attached hydrogens (tertiary/aromatic N) is 4. The lowest BCUT2D eigenvalue weighted by Gasteiger charge is -2.51. The predicted molar refractivity (Wildman–Crippen MR) is 150 cm³/mol. The summed E-state index contributed by atoms with van der Waals surface area (Å²) in [4.78, 5) is 25.4. The summed E-state index contributed by atoms with van der Waals surface area (Å²) in [5.41, 5.74) is 7.91. The van der Waals surface area contributed by atoms with Gasteiger partial charge in [-0.3, -0.25) is 9.36 Å². The maximum Gasteiger partial charge on any atom is 0.335 e. The lowest BCUT2D eigenvalue weighted by Crippen LogP contribution is -2.65. The first-order valence-corrected chi connectivity index (χ1v) is 17.9. The lowest BCUT2D eigenvalue weighted by molar-refractivity contribution is -0.109. The van der Waals surface area contributed by atoms with Crippen LogP contribution in [0.15, 0.2) is 12.7 Å². The average molecular weight is 568 g/mol. The van der Waals surface area contributed by atoms with Gasteiger partial charge in [0.2, 0.25) is 0 Å². The molecule has 4 atom stereocenters. The maximum absolute atomic E-state index is 12.5. The standard InChI is InChI=1S/C24H41N5O5SSi2/c1-13(2)36(14(3)4)31-10-18-20(33-37(34-36,15(5)6)16(7)8)21(35-17(9)30)24(32-18)29-12-28-19-22(25)26-11-27-23(19)29/h11-16,18,20-21,24H,10H2,1-9H3,(H2,25,26,27)/t18-,20-,21+,24-/m1/s1. The summed E-state index contributed by atoms with van der Waals surface area (Å²) < 4.78 is 30.0. The van der Waals surface area contributed by atoms with Crippen LogP contribution in [0.2, 0.25) is 22.2 Å². The van der Waals surface area contributed by atoms with Gasteiger partial charge >= 0.3 is 17.1 Å². The van der Waals surface area contributed by atoms with E-state index in [9.17, 15) is 4.79 Å². The Labute approximate surface area is 225 Å². The summed E-state index contributed by atoms with van der Waals surface area (Å²) in [6.45, 7) is 19.4. The molecule has 2 fully saturated rings. The number of anilines is 1. The summed E-state index contributed by atoms with van der Waals surface area (Å²) in [7, 11) is -5.58. The molecule has 4 rings (SSSR count). The highest BCUT2D eigenvalue weighted by Gasteiger charge is 2.62. The van der Waals surface area contributed by atoms with E-state index in [2.05, 4.69) is 70.3 Å². The zero-order valence-corrected chi connectivity index (χ0v) is 26.1. The van der Waals surface area contributed by atoms with Crippen LogP contribution in [0, 0.1) is 0 Å². The second kappa shape index (κ2) is 10.7. The summed E-state index contributed by atoms with van der Waals surface area (Å²) >= 11 is 1.23. The number of aromatic nitrogens is 4. The second-order valence-corrected chi connectivity index (χ2v) is 21.5. The SMILES string of the molecule is CC(=O)S[C@H]1[C@@H]2O[Si](C(C)C)(C(C)C)O[Si](C(C)C)(C(C)C)OC[C@H]2O[C@H]1n1cnc2c(N)ncnc21. The highest BCUT2D eigenvalue weighted by molar-refractivity contribution is 8.14. The van der Waals surface area contributed by atoms with Crippen molar-refractivity contribution in [3.8, 4) is 0 Å². The largest absolute Gasteiger partial charge is 0.414 e. The Morgan fingerprint density at radius 3 is 2.22 bits per heavy atom. The molecule has 0 bridgehead atoms. The fourth-order valence-electron chi connectivity index (χ4n) is 5.72. The van der Waals surface area contributed by atoms with Gasteiger partial charge in [0.05, 0.1) is 24.3 Å². The fraction of sp³-hybridized carbons (Fsp3) is 0.750. The molecule has 0 amide bonds. The minimum atomic E-state index is -2.88. The Bertz CT molecular complexity index is 1110. The molecule has 37 heavy (non-hydrogen) atoms. The quantitative estimate of drug-likeness (QED) is 0.481. The number of carbonyl (C=O) groups excluding carboxylic acids is 1. The van der Waals surface area contributed by atoms with Gasteiger partial charge < -0.3 is 23.4 Å². The molecule has 2 aliphatic rings. The van der Waals surface area contributed by atoms with Crippen LogP contribution >= 0.6 is 11.8 Å². The summed E-state index contributed by atoms with van der Waals surface area (Å²) in [6.07, 6.45) is 1.73. The Kier molecular flexibility index (Phi) is 8.26. The zero-order valence-electron chi connectivity index (χ0n) is 23.3. The van der Waals surface area contributed by atoms with E-state index in [4.69, 9.17) is 23.4 Å². The number of hydrogen-bond acceptors (Lipinski definition) is 10. The number of nitrogen functional groups attached to an aromatic ring is 1. The van der Waals surface area contributed by atoms with Crippen LogP contribution in [-0.2, 0) is 22.5 Å². The van der Waals surface area contributed by atoms with Crippen molar-refractivity contribution in [3.63, 3.8) is 0 Å². The molecule has 2 aromatic rings. The third-order valence-electron chi connectivity index (χ3n) is 7.58. The first-order chi connectivity index (χ1) is 17.3. The summed E-state index contributed by atoms with van der Waals surface area (Å²) in [5, 5.41) is -0.361. The van der Waals surface area contributed by atoms with E-state index in [1.165, 1.54) is 18.1 Å². The third kappa shape index (κ3) is 4.92. The average Bonchev–Trinajstić information content (AvgIpc) is 3.35. The number of carbonyl (C=O) groups is 1. The molecule has 0 aromatic carbocycles. The van der Waals surface area contributed by atoms with Crippen molar-refractivity contribution in [3.05, 3.63) is 12.7 Å². The molecule has 13 heteroatoms. The topological polar surface area (TPSA) is 124 Å². The van der Waals surface area contributed by atoms with E-state index in [-0.39, 0.29) is 38.6 Å². The van der Waals surface area contributed by atoms with Crippen LogP contribution in [0.3, 0.4) is 0 Å². The van der Waals surface area contributed by atoms with E-state index >= 15 is 0 Å². The lowest BCUT2D eigenvalue weighted by atomic mass is 10.2. The monoisotopic (exact) mass is 567 g/mol. The molecular weight excluding hydrogens is 527 g/mol. The molecule has 2 aliphatic heterocycles. The molecule has 2 N–H and O–H groups in total. The smallest absolute Gasteiger partial charge is 0.335 e. The van der Waals surface area contributed by atoms with Gasteiger partial charge in [-0.15, -0.1) is 0 Å². The number of imidazole rings is 1. The van der Waals surface area contributed by atoms with Crippen molar-refractivity contribution >= 4 is 51.0 Å². The zero-order chi connectivity index (χ0) is 27.3. The van der Waals surface area contributed by atoms with E-state index in [0.717, 1.165) is 0 Å². The molecule has 206 valence electrons. The van der Waals surface area contributed by atoms with Crippen LogP contribution in [0.5, 0.6) is 0 Å². The highest BCUT2D eigenvalue weighted by atomic mass is 32.2. The minimum Gasteiger partial charge on any atom is -0.414 e. The number of nitrogens with two attached hydrogens (primary N) is 1. The van der Waals surface area contributed by atoms with Crippen molar-refractivity contribution in [1.82, 2.24) is 19.5 Å². The Balaban J connectivity index is 1.84. The fourth-order valence-corrected chi connectivity index (χ4v) is 18.1. The molecular formula is C24H41N5O5SSi2.